The predicted octanol–water partition coefficient (Wildman–Crippen LogP) is 5.04. The summed E-state index contributed by atoms with van der Waals surface area (Å²) in [4.78, 5) is 11.2. The fourth-order valence-corrected chi connectivity index (χ4v) is 5.24. The Labute approximate surface area is 202 Å². The summed E-state index contributed by atoms with van der Waals surface area (Å²) in [7, 11) is -3.31. The molecule has 0 radical (unpaired) electrons. The SMILES string of the molecule is CS(=O)(=O)c1ccc(Oc2ccc(F)c3c2CCC3Oc2ccc3c(c2)OCC3CC(=O)O)cc1. The molecule has 0 fully saturated rings. The molecule has 9 heteroatoms. The van der Waals surface area contributed by atoms with Gasteiger partial charge in [0, 0.05) is 34.9 Å². The van der Waals surface area contributed by atoms with Crippen LogP contribution >= 0.6 is 0 Å². The van der Waals surface area contributed by atoms with E-state index >= 15 is 0 Å². The third kappa shape index (κ3) is 4.68. The number of rotatable bonds is 7. The normalized spacial score (nSPS) is 18.5. The molecule has 7 nitrogen and oxygen atoms in total. The fourth-order valence-electron chi connectivity index (χ4n) is 4.61. The lowest BCUT2D eigenvalue weighted by molar-refractivity contribution is -0.137. The molecule has 0 saturated carbocycles. The number of carbonyl (C=O) groups is 1. The predicted molar refractivity (Wildman–Crippen MR) is 125 cm³/mol. The van der Waals surface area contributed by atoms with Crippen LogP contribution in [0.4, 0.5) is 4.39 Å². The molecule has 0 amide bonds. The van der Waals surface area contributed by atoms with Crippen LogP contribution in [0.3, 0.4) is 0 Å². The van der Waals surface area contributed by atoms with Crippen molar-refractivity contribution in [3.8, 4) is 23.0 Å². The number of hydrogen-bond acceptors (Lipinski definition) is 6. The van der Waals surface area contributed by atoms with Crippen molar-refractivity contribution in [1.29, 1.82) is 0 Å². The lowest BCUT2D eigenvalue weighted by Gasteiger charge is -2.17. The topological polar surface area (TPSA) is 99.1 Å². The first-order valence-electron chi connectivity index (χ1n) is 11.1. The van der Waals surface area contributed by atoms with Gasteiger partial charge in [0.1, 0.15) is 34.9 Å². The highest BCUT2D eigenvalue weighted by molar-refractivity contribution is 7.90. The summed E-state index contributed by atoms with van der Waals surface area (Å²) in [6, 6.07) is 14.2. The van der Waals surface area contributed by atoms with E-state index in [4.69, 9.17) is 19.3 Å². The zero-order valence-electron chi connectivity index (χ0n) is 18.9. The van der Waals surface area contributed by atoms with E-state index in [-0.39, 0.29) is 23.1 Å². The van der Waals surface area contributed by atoms with E-state index in [1.54, 1.807) is 36.4 Å². The third-order valence-corrected chi connectivity index (χ3v) is 7.41. The van der Waals surface area contributed by atoms with Gasteiger partial charge < -0.3 is 19.3 Å². The van der Waals surface area contributed by atoms with Crippen LogP contribution in [0.2, 0.25) is 0 Å². The summed E-state index contributed by atoms with van der Waals surface area (Å²) in [5.41, 5.74) is 1.97. The van der Waals surface area contributed by atoms with E-state index < -0.39 is 21.9 Å². The number of aliphatic carboxylic acids is 1. The molecule has 0 saturated heterocycles. The van der Waals surface area contributed by atoms with Gasteiger partial charge in [-0.1, -0.05) is 6.07 Å². The molecule has 1 aliphatic carbocycles. The molecule has 0 aromatic heterocycles. The molecule has 0 spiro atoms. The van der Waals surface area contributed by atoms with Crippen LogP contribution in [0.1, 0.15) is 41.6 Å². The Hall–Kier alpha value is -3.59. The maximum Gasteiger partial charge on any atom is 0.304 e. The van der Waals surface area contributed by atoms with Crippen molar-refractivity contribution in [3.63, 3.8) is 0 Å². The van der Waals surface area contributed by atoms with Crippen molar-refractivity contribution in [2.45, 2.75) is 36.2 Å². The minimum atomic E-state index is -3.31. The van der Waals surface area contributed by atoms with E-state index in [9.17, 15) is 17.6 Å². The Balaban J connectivity index is 1.36. The second-order valence-corrected chi connectivity index (χ2v) is 10.7. The summed E-state index contributed by atoms with van der Waals surface area (Å²) in [5.74, 6) is 0.570. The van der Waals surface area contributed by atoms with Gasteiger partial charge in [-0.25, -0.2) is 12.8 Å². The summed E-state index contributed by atoms with van der Waals surface area (Å²) in [5, 5.41) is 9.07. The number of fused-ring (bicyclic) bond motifs is 2. The highest BCUT2D eigenvalue weighted by Gasteiger charge is 2.32. The molecular weight excluding hydrogens is 475 g/mol. The molecule has 35 heavy (non-hydrogen) atoms. The summed E-state index contributed by atoms with van der Waals surface area (Å²) < 4.78 is 55.9. The first-order chi connectivity index (χ1) is 16.7. The van der Waals surface area contributed by atoms with Crippen LogP contribution in [-0.2, 0) is 21.1 Å². The number of benzene rings is 3. The van der Waals surface area contributed by atoms with Gasteiger partial charge in [0.25, 0.3) is 0 Å². The molecule has 1 heterocycles. The van der Waals surface area contributed by atoms with Gasteiger partial charge in [-0.05, 0) is 55.3 Å². The minimum absolute atomic E-state index is 0.00578. The average Bonchev–Trinajstić information content (AvgIpc) is 3.40. The monoisotopic (exact) mass is 498 g/mol. The first kappa shape index (κ1) is 23.2. The van der Waals surface area contributed by atoms with Crippen LogP contribution in [-0.4, -0.2) is 32.4 Å². The Morgan fingerprint density at radius 3 is 2.57 bits per heavy atom. The average molecular weight is 499 g/mol. The molecule has 5 rings (SSSR count). The lowest BCUT2D eigenvalue weighted by Crippen LogP contribution is -2.07. The summed E-state index contributed by atoms with van der Waals surface area (Å²) in [6.07, 6.45) is 1.72. The smallest absolute Gasteiger partial charge is 0.304 e. The first-order valence-corrected chi connectivity index (χ1v) is 13.0. The lowest BCUT2D eigenvalue weighted by atomic mass is 9.98. The molecule has 1 aliphatic heterocycles. The standard InChI is InChI=1S/C26H23FO7S/c1-35(30,31)18-5-2-16(3-6-18)33-22-11-9-21(27)26-20(22)8-10-23(26)34-17-4-7-19-15(12-25(28)29)14-32-24(19)13-17/h2-7,9,11,13,15,23H,8,10,12,14H2,1H3,(H,28,29). The second kappa shape index (κ2) is 8.88. The van der Waals surface area contributed by atoms with E-state index in [1.807, 2.05) is 0 Å². The van der Waals surface area contributed by atoms with Gasteiger partial charge in [-0.2, -0.15) is 0 Å². The van der Waals surface area contributed by atoms with Crippen LogP contribution < -0.4 is 14.2 Å². The van der Waals surface area contributed by atoms with Gasteiger partial charge in [-0.15, -0.1) is 0 Å². The largest absolute Gasteiger partial charge is 0.492 e. The van der Waals surface area contributed by atoms with Gasteiger partial charge >= 0.3 is 5.97 Å². The highest BCUT2D eigenvalue weighted by Crippen LogP contribution is 2.44. The van der Waals surface area contributed by atoms with Crippen LogP contribution in [0.25, 0.3) is 0 Å². The second-order valence-electron chi connectivity index (χ2n) is 8.73. The fraction of sp³-hybridized carbons (Fsp3) is 0.269. The number of halogens is 1. The Morgan fingerprint density at radius 2 is 1.86 bits per heavy atom. The van der Waals surface area contributed by atoms with Gasteiger partial charge in [0.2, 0.25) is 0 Å². The van der Waals surface area contributed by atoms with Crippen molar-refractivity contribution in [1.82, 2.24) is 0 Å². The summed E-state index contributed by atoms with van der Waals surface area (Å²) in [6.45, 7) is 0.303. The van der Waals surface area contributed by atoms with Crippen molar-refractivity contribution >= 4 is 15.8 Å². The molecule has 3 aromatic carbocycles. The maximum atomic E-state index is 14.9. The Bertz CT molecular complexity index is 1400. The molecular formula is C26H23FO7S. The van der Waals surface area contributed by atoms with Gasteiger partial charge in [0.15, 0.2) is 9.84 Å². The van der Waals surface area contributed by atoms with Gasteiger partial charge in [-0.3, -0.25) is 4.79 Å². The van der Waals surface area contributed by atoms with E-state index in [1.165, 1.54) is 18.2 Å². The minimum Gasteiger partial charge on any atom is -0.492 e. The van der Waals surface area contributed by atoms with Crippen molar-refractivity contribution in [3.05, 3.63) is 77.1 Å². The Morgan fingerprint density at radius 1 is 1.11 bits per heavy atom. The molecule has 0 bridgehead atoms. The summed E-state index contributed by atoms with van der Waals surface area (Å²) >= 11 is 0. The van der Waals surface area contributed by atoms with E-state index in [2.05, 4.69) is 0 Å². The highest BCUT2D eigenvalue weighted by atomic mass is 32.2. The number of hydrogen-bond donors (Lipinski definition) is 1. The zero-order valence-corrected chi connectivity index (χ0v) is 19.7. The number of ether oxygens (including phenoxy) is 3. The van der Waals surface area contributed by atoms with Crippen LogP contribution in [0.15, 0.2) is 59.5 Å². The third-order valence-electron chi connectivity index (χ3n) is 6.28. The van der Waals surface area contributed by atoms with Crippen molar-refractivity contribution in [2.24, 2.45) is 0 Å². The van der Waals surface area contributed by atoms with Crippen LogP contribution in [0.5, 0.6) is 23.0 Å². The molecule has 182 valence electrons. The van der Waals surface area contributed by atoms with E-state index in [0.29, 0.717) is 53.6 Å². The zero-order chi connectivity index (χ0) is 24.7. The Kier molecular flexibility index (Phi) is 5.88. The quantitative estimate of drug-likeness (QED) is 0.487. The molecule has 2 atom stereocenters. The van der Waals surface area contributed by atoms with E-state index in [0.717, 1.165) is 11.8 Å². The van der Waals surface area contributed by atoms with Gasteiger partial charge in [0.05, 0.1) is 17.9 Å². The van der Waals surface area contributed by atoms with Crippen molar-refractivity contribution in [2.75, 3.05) is 12.9 Å². The number of carboxylic acids is 1. The van der Waals surface area contributed by atoms with Crippen molar-refractivity contribution < 1.29 is 36.9 Å². The molecule has 2 aliphatic rings. The molecule has 2 unspecified atom stereocenters. The number of carboxylic acid groups (broad SMARTS) is 1. The molecule has 3 aromatic rings. The molecule has 1 N–H and O–H groups in total. The maximum absolute atomic E-state index is 14.9. The number of sulfone groups is 1. The van der Waals surface area contributed by atoms with Crippen LogP contribution in [0, 0.1) is 5.82 Å².